The van der Waals surface area contributed by atoms with Crippen molar-refractivity contribution < 1.29 is 23.8 Å². The van der Waals surface area contributed by atoms with E-state index in [0.29, 0.717) is 22.7 Å². The zero-order chi connectivity index (χ0) is 24.9. The molecule has 2 fully saturated rings. The number of aryl methyl sites for hydroxylation is 1. The summed E-state index contributed by atoms with van der Waals surface area (Å²) >= 11 is 7.14. The molecular weight excluding hydrogens is 493 g/mol. The Morgan fingerprint density at radius 2 is 2.09 bits per heavy atom. The summed E-state index contributed by atoms with van der Waals surface area (Å²) in [6, 6.07) is 9.61. The van der Waals surface area contributed by atoms with Crippen molar-refractivity contribution in [3.63, 3.8) is 0 Å². The van der Waals surface area contributed by atoms with Gasteiger partial charge in [0.25, 0.3) is 5.91 Å². The van der Waals surface area contributed by atoms with Crippen molar-refractivity contribution in [3.8, 4) is 16.3 Å². The summed E-state index contributed by atoms with van der Waals surface area (Å²) in [6.07, 6.45) is 5.06. The first-order chi connectivity index (χ1) is 16.8. The van der Waals surface area contributed by atoms with Crippen molar-refractivity contribution in [1.82, 2.24) is 15.2 Å². The summed E-state index contributed by atoms with van der Waals surface area (Å²) < 4.78 is 19.2. The lowest BCUT2D eigenvalue weighted by atomic mass is 10.0. The summed E-state index contributed by atoms with van der Waals surface area (Å²) in [5.74, 6) is -1.51. The number of cyclic esters (lactones) is 1. The van der Waals surface area contributed by atoms with E-state index in [0.717, 1.165) is 42.0 Å². The number of hydrogen-bond acceptors (Lipinski definition) is 6. The van der Waals surface area contributed by atoms with Crippen LogP contribution in [0.2, 0.25) is 5.02 Å². The van der Waals surface area contributed by atoms with Crippen LogP contribution in [0.3, 0.4) is 0 Å². The molecule has 2 aliphatic heterocycles. The number of ether oxygens (including phenoxy) is 1. The molecule has 3 heterocycles. The number of halogens is 2. The van der Waals surface area contributed by atoms with Gasteiger partial charge < -0.3 is 20.1 Å². The molecule has 1 aromatic heterocycles. The Kier molecular flexibility index (Phi) is 7.87. The molecule has 0 saturated carbocycles. The van der Waals surface area contributed by atoms with E-state index in [1.807, 2.05) is 11.8 Å². The number of fused-ring (bicyclic) bond motifs is 1. The lowest BCUT2D eigenvalue weighted by Crippen LogP contribution is -2.37. The molecule has 2 N–H and O–H groups in total. The summed E-state index contributed by atoms with van der Waals surface area (Å²) in [6.45, 7) is 3.62. The minimum absolute atomic E-state index is 0.107. The second kappa shape index (κ2) is 11.0. The van der Waals surface area contributed by atoms with Crippen LogP contribution in [-0.4, -0.2) is 46.2 Å². The van der Waals surface area contributed by atoms with E-state index in [1.54, 1.807) is 30.5 Å². The number of benzene rings is 2. The van der Waals surface area contributed by atoms with Crippen LogP contribution in [0.25, 0.3) is 10.6 Å². The molecule has 5 rings (SSSR count). The first-order valence-corrected chi connectivity index (χ1v) is 12.4. The van der Waals surface area contributed by atoms with E-state index in [-0.39, 0.29) is 29.5 Å². The fraction of sp³-hybridized carbons (Fsp3) is 0.320. The molecule has 1 atom stereocenters. The third-order valence-corrected chi connectivity index (χ3v) is 7.01. The molecule has 0 aliphatic carbocycles. The van der Waals surface area contributed by atoms with Crippen LogP contribution in [-0.2, 0) is 11.3 Å². The van der Waals surface area contributed by atoms with E-state index in [2.05, 4.69) is 10.3 Å². The average molecular weight is 518 g/mol. The molecule has 2 saturated heterocycles. The summed E-state index contributed by atoms with van der Waals surface area (Å²) in [7, 11) is 0. The number of aromatic hydroxyl groups is 1. The topological polar surface area (TPSA) is 91.8 Å². The second-order valence-electron chi connectivity index (χ2n) is 8.35. The van der Waals surface area contributed by atoms with Gasteiger partial charge in [0.15, 0.2) is 0 Å². The average Bonchev–Trinajstić information content (AvgIpc) is 3.46. The highest BCUT2D eigenvalue weighted by atomic mass is 35.5. The fourth-order valence-corrected chi connectivity index (χ4v) is 4.85. The maximum Gasteiger partial charge on any atom is 0.410 e. The number of carbonyl (C=O) groups is 2. The summed E-state index contributed by atoms with van der Waals surface area (Å²) in [5, 5.41) is 13.9. The van der Waals surface area contributed by atoms with E-state index in [4.69, 9.17) is 16.3 Å². The van der Waals surface area contributed by atoms with Gasteiger partial charge in [-0.3, -0.25) is 4.79 Å². The zero-order valence-electron chi connectivity index (χ0n) is 19.1. The van der Waals surface area contributed by atoms with Gasteiger partial charge in [-0.15, -0.1) is 11.3 Å². The number of piperidine rings is 1. The SMILES string of the molecule is Cc1cnc(-c2cc(F)c(C(=O)NCc3ccc(Cl)cc3)cc2O)s1.O=C1OC[C@@H]2CCCCN12. The number of rotatable bonds is 4. The normalized spacial score (nSPS) is 16.7. The van der Waals surface area contributed by atoms with Gasteiger partial charge in [-0.25, -0.2) is 14.2 Å². The maximum absolute atomic E-state index is 14.3. The van der Waals surface area contributed by atoms with Crippen molar-refractivity contribution in [1.29, 1.82) is 0 Å². The van der Waals surface area contributed by atoms with Crippen LogP contribution >= 0.6 is 22.9 Å². The number of nitrogens with one attached hydrogen (secondary N) is 1. The van der Waals surface area contributed by atoms with Crippen molar-refractivity contribution in [2.75, 3.05) is 13.2 Å². The van der Waals surface area contributed by atoms with E-state index >= 15 is 0 Å². The molecule has 0 bridgehead atoms. The number of aromatic nitrogens is 1. The first kappa shape index (κ1) is 24.9. The molecule has 0 unspecified atom stereocenters. The van der Waals surface area contributed by atoms with Crippen molar-refractivity contribution in [2.24, 2.45) is 0 Å². The fourth-order valence-electron chi connectivity index (χ4n) is 3.93. The molecule has 10 heteroatoms. The number of nitrogens with zero attached hydrogens (tertiary/aromatic N) is 2. The maximum atomic E-state index is 14.3. The molecule has 2 amide bonds. The van der Waals surface area contributed by atoms with Crippen LogP contribution in [0.15, 0.2) is 42.6 Å². The molecule has 3 aromatic rings. The number of amides is 2. The van der Waals surface area contributed by atoms with Gasteiger partial charge in [0.05, 0.1) is 17.2 Å². The third-order valence-electron chi connectivity index (χ3n) is 5.81. The van der Waals surface area contributed by atoms with E-state index < -0.39 is 11.7 Å². The Morgan fingerprint density at radius 1 is 1.31 bits per heavy atom. The molecule has 184 valence electrons. The minimum atomic E-state index is -0.714. The Labute approximate surface area is 211 Å². The Bertz CT molecular complexity index is 1220. The molecule has 7 nitrogen and oxygen atoms in total. The number of carbonyl (C=O) groups excluding carboxylic acids is 2. The standard InChI is InChI=1S/C18H14ClFN2O2S.C7H11NO2/c1-10-8-22-18(25-10)14-6-15(20)13(7-16(14)23)17(24)21-9-11-2-4-12(19)5-3-11;9-7-8-4-2-1-3-6(8)5-10-7/h2-8,23H,9H2,1H3,(H,21,24);6H,1-5H2/t;6-/m.0/s1. The Balaban J connectivity index is 0.000000239. The van der Waals surface area contributed by atoms with Crippen LogP contribution in [0, 0.1) is 12.7 Å². The number of hydrogen-bond donors (Lipinski definition) is 2. The number of thiazole rings is 1. The van der Waals surface area contributed by atoms with Gasteiger partial charge >= 0.3 is 6.09 Å². The Morgan fingerprint density at radius 3 is 2.77 bits per heavy atom. The molecule has 2 aliphatic rings. The first-order valence-electron chi connectivity index (χ1n) is 11.2. The van der Waals surface area contributed by atoms with Crippen LogP contribution < -0.4 is 5.32 Å². The van der Waals surface area contributed by atoms with E-state index in [1.165, 1.54) is 17.8 Å². The van der Waals surface area contributed by atoms with Crippen LogP contribution in [0.4, 0.5) is 9.18 Å². The van der Waals surface area contributed by atoms with Crippen molar-refractivity contribution >= 4 is 34.9 Å². The van der Waals surface area contributed by atoms with Gasteiger partial charge in [0.1, 0.15) is 23.2 Å². The lowest BCUT2D eigenvalue weighted by molar-refractivity contribution is 0.0946. The van der Waals surface area contributed by atoms with Gasteiger partial charge in [0, 0.05) is 29.2 Å². The largest absolute Gasteiger partial charge is 0.507 e. The second-order valence-corrected chi connectivity index (χ2v) is 10.0. The van der Waals surface area contributed by atoms with Crippen molar-refractivity contribution in [3.05, 3.63) is 69.4 Å². The summed E-state index contributed by atoms with van der Waals surface area (Å²) in [4.78, 5) is 30.0. The van der Waals surface area contributed by atoms with Gasteiger partial charge in [-0.05, 0) is 56.0 Å². The number of phenols is 1. The molecular formula is C25H25ClFN3O4S. The van der Waals surface area contributed by atoms with Crippen molar-refractivity contribution in [2.45, 2.75) is 38.8 Å². The Hall–Kier alpha value is -3.17. The highest BCUT2D eigenvalue weighted by molar-refractivity contribution is 7.15. The highest BCUT2D eigenvalue weighted by Crippen LogP contribution is 2.34. The quantitative estimate of drug-likeness (QED) is 0.474. The smallest absolute Gasteiger partial charge is 0.410 e. The molecule has 0 radical (unpaired) electrons. The number of phenolic OH excluding ortho intramolecular Hbond substituents is 1. The monoisotopic (exact) mass is 517 g/mol. The molecule has 0 spiro atoms. The highest BCUT2D eigenvalue weighted by Gasteiger charge is 2.34. The predicted molar refractivity (Wildman–Crippen MR) is 132 cm³/mol. The van der Waals surface area contributed by atoms with E-state index in [9.17, 15) is 19.1 Å². The lowest BCUT2D eigenvalue weighted by Gasteiger charge is -2.25. The minimum Gasteiger partial charge on any atom is -0.507 e. The van der Waals surface area contributed by atoms with Gasteiger partial charge in [-0.2, -0.15) is 0 Å². The van der Waals surface area contributed by atoms with Gasteiger partial charge in [-0.1, -0.05) is 23.7 Å². The third kappa shape index (κ3) is 6.10. The summed E-state index contributed by atoms with van der Waals surface area (Å²) in [5.41, 5.74) is 0.880. The van der Waals surface area contributed by atoms with Crippen LogP contribution in [0.1, 0.15) is 40.1 Å². The van der Waals surface area contributed by atoms with Gasteiger partial charge in [0.2, 0.25) is 0 Å². The molecule has 35 heavy (non-hydrogen) atoms. The molecule has 2 aromatic carbocycles. The van der Waals surface area contributed by atoms with Crippen LogP contribution in [0.5, 0.6) is 5.75 Å². The predicted octanol–water partition coefficient (Wildman–Crippen LogP) is 5.54. The zero-order valence-corrected chi connectivity index (χ0v) is 20.7.